The minimum Gasteiger partial charge on any atom is -0.453 e. The number of hydrogen-bond acceptors (Lipinski definition) is 9. The molecule has 0 bridgehead atoms. The summed E-state index contributed by atoms with van der Waals surface area (Å²) in [4.78, 5) is 66.3. The second-order valence-electron chi connectivity index (χ2n) is 12.6. The smallest absolute Gasteiger partial charge is 0.407 e. The van der Waals surface area contributed by atoms with Gasteiger partial charge in [0.1, 0.15) is 23.5 Å². The average molecular weight is 688 g/mol. The van der Waals surface area contributed by atoms with Crippen molar-refractivity contribution in [3.05, 3.63) is 60.5 Å². The predicted octanol–water partition coefficient (Wildman–Crippen LogP) is 4.95. The molecule has 0 spiro atoms. The van der Waals surface area contributed by atoms with Crippen LogP contribution in [0.4, 0.5) is 9.18 Å². The number of methoxy groups -OCH3 is 2. The quantitative estimate of drug-likeness (QED) is 0.197. The lowest BCUT2D eigenvalue weighted by Crippen LogP contribution is -2.54. The van der Waals surface area contributed by atoms with Crippen LogP contribution in [0, 0.1) is 5.82 Å². The van der Waals surface area contributed by atoms with Crippen LogP contribution in [0.25, 0.3) is 33.9 Å². The number of benzene rings is 1. The fraction of sp³-hybridized carbons (Fsp3) is 0.457. The molecule has 0 aliphatic carbocycles. The van der Waals surface area contributed by atoms with E-state index in [0.717, 1.165) is 25.7 Å². The molecule has 2 aliphatic rings. The standard InChI is InChI=1S/C35H42FN9O5/c1-5-8-29(46)44-13-6-9-27(44)32-40-19-26(42-32)23-12-11-21(15-24(23)36)31-37-16-22(17-38-31)25-18-39-33(41-25)28-10-7-14-45(28)34(47)30(20(2)49-3)43-35(48)50-4/h11-12,15-20,27-28,30H,5-10,13-14H2,1-4H3,(H,39,41)(H,40,42)(H,43,48)/t20-,27+,28+,30+/m1/s1. The molecule has 50 heavy (non-hydrogen) atoms. The Morgan fingerprint density at radius 2 is 1.72 bits per heavy atom. The van der Waals surface area contributed by atoms with Crippen molar-refractivity contribution in [3.63, 3.8) is 0 Å². The molecular formula is C35H42FN9O5. The van der Waals surface area contributed by atoms with Gasteiger partial charge in [-0.05, 0) is 51.2 Å². The third-order valence-corrected chi connectivity index (χ3v) is 9.43. The molecule has 0 saturated carbocycles. The fourth-order valence-corrected chi connectivity index (χ4v) is 6.68. The summed E-state index contributed by atoms with van der Waals surface area (Å²) < 4.78 is 25.5. The molecule has 6 rings (SSSR count). The van der Waals surface area contributed by atoms with Gasteiger partial charge in [-0.25, -0.2) is 29.1 Å². The highest BCUT2D eigenvalue weighted by atomic mass is 19.1. The molecule has 2 fully saturated rings. The first-order valence-electron chi connectivity index (χ1n) is 16.9. The minimum atomic E-state index is -0.926. The Hall–Kier alpha value is -5.18. The number of amides is 3. The molecule has 4 aromatic rings. The first-order chi connectivity index (χ1) is 24.2. The number of hydrogen-bond donors (Lipinski definition) is 3. The van der Waals surface area contributed by atoms with Crippen LogP contribution in [-0.4, -0.2) is 97.1 Å². The second kappa shape index (κ2) is 15.2. The van der Waals surface area contributed by atoms with Crippen LogP contribution in [0.15, 0.2) is 43.0 Å². The Kier molecular flexibility index (Phi) is 10.5. The van der Waals surface area contributed by atoms with Gasteiger partial charge in [0, 0.05) is 61.9 Å². The van der Waals surface area contributed by atoms with Crippen LogP contribution in [0.3, 0.4) is 0 Å². The van der Waals surface area contributed by atoms with E-state index in [1.54, 1.807) is 48.7 Å². The van der Waals surface area contributed by atoms with Crippen molar-refractivity contribution in [2.75, 3.05) is 27.3 Å². The SMILES string of the molecule is CCCC(=O)N1CCC[C@H]1c1ncc(-c2ccc(-c3ncc(-c4c[nH]c([C@@H]5CCCN5C(=O)[C@@H](NC(=O)OC)[C@@H](C)OC)n4)cn3)cc2F)[nH]1. The molecule has 0 radical (unpaired) electrons. The topological polar surface area (TPSA) is 171 Å². The zero-order valence-electron chi connectivity index (χ0n) is 28.6. The van der Waals surface area contributed by atoms with E-state index in [4.69, 9.17) is 14.5 Å². The molecular weight excluding hydrogens is 645 g/mol. The van der Waals surface area contributed by atoms with E-state index >= 15 is 4.39 Å². The second-order valence-corrected chi connectivity index (χ2v) is 12.6. The number of H-pyrrole nitrogens is 2. The van der Waals surface area contributed by atoms with Crippen molar-refractivity contribution in [3.8, 4) is 33.9 Å². The van der Waals surface area contributed by atoms with Crippen molar-refractivity contribution < 1.29 is 28.2 Å². The molecule has 3 N–H and O–H groups in total. The van der Waals surface area contributed by atoms with Gasteiger partial charge in [0.05, 0.1) is 42.9 Å². The number of halogens is 1. The van der Waals surface area contributed by atoms with E-state index in [9.17, 15) is 14.4 Å². The number of nitrogens with one attached hydrogen (secondary N) is 3. The molecule has 2 saturated heterocycles. The monoisotopic (exact) mass is 687 g/mol. The van der Waals surface area contributed by atoms with E-state index in [1.165, 1.54) is 20.3 Å². The zero-order chi connectivity index (χ0) is 35.4. The van der Waals surface area contributed by atoms with E-state index in [2.05, 4.69) is 30.2 Å². The highest BCUT2D eigenvalue weighted by molar-refractivity contribution is 5.87. The number of imidazole rings is 2. The molecule has 1 aromatic carbocycles. The maximum absolute atomic E-state index is 15.4. The lowest BCUT2D eigenvalue weighted by molar-refractivity contribution is -0.137. The first-order valence-corrected chi connectivity index (χ1v) is 16.9. The number of nitrogens with zero attached hydrogens (tertiary/aromatic N) is 6. The largest absolute Gasteiger partial charge is 0.453 e. The minimum absolute atomic E-state index is 0.118. The summed E-state index contributed by atoms with van der Waals surface area (Å²) in [6.45, 7) is 4.90. The maximum Gasteiger partial charge on any atom is 0.407 e. The van der Waals surface area contributed by atoms with Crippen molar-refractivity contribution in [1.82, 2.24) is 45.0 Å². The molecule has 264 valence electrons. The Morgan fingerprint density at radius 1 is 1.00 bits per heavy atom. The highest BCUT2D eigenvalue weighted by Gasteiger charge is 2.39. The fourth-order valence-electron chi connectivity index (χ4n) is 6.68. The van der Waals surface area contributed by atoms with Crippen LogP contribution in [-0.2, 0) is 19.1 Å². The van der Waals surface area contributed by atoms with Crippen LogP contribution >= 0.6 is 0 Å². The van der Waals surface area contributed by atoms with E-state index in [1.807, 2.05) is 11.8 Å². The van der Waals surface area contributed by atoms with Crippen molar-refractivity contribution in [2.45, 2.75) is 76.6 Å². The number of ether oxygens (including phenoxy) is 2. The molecule has 14 nitrogen and oxygen atoms in total. The van der Waals surface area contributed by atoms with E-state index < -0.39 is 24.1 Å². The van der Waals surface area contributed by atoms with Gasteiger partial charge < -0.3 is 34.6 Å². The van der Waals surface area contributed by atoms with Crippen LogP contribution in [0.5, 0.6) is 0 Å². The van der Waals surface area contributed by atoms with Gasteiger partial charge >= 0.3 is 6.09 Å². The Morgan fingerprint density at radius 3 is 2.40 bits per heavy atom. The van der Waals surface area contributed by atoms with Crippen molar-refractivity contribution in [1.29, 1.82) is 0 Å². The molecule has 0 unspecified atom stereocenters. The first kappa shape index (κ1) is 34.7. The summed E-state index contributed by atoms with van der Waals surface area (Å²) in [6.07, 6.45) is 9.77. The summed E-state index contributed by atoms with van der Waals surface area (Å²) in [5, 5.41) is 2.59. The van der Waals surface area contributed by atoms with Crippen LogP contribution < -0.4 is 5.32 Å². The maximum atomic E-state index is 15.4. The van der Waals surface area contributed by atoms with Gasteiger partial charge in [-0.3, -0.25) is 9.59 Å². The number of aromatic nitrogens is 6. The Bertz CT molecular complexity index is 1830. The molecule has 15 heteroatoms. The zero-order valence-corrected chi connectivity index (χ0v) is 28.6. The van der Waals surface area contributed by atoms with Gasteiger partial charge in [-0.1, -0.05) is 13.0 Å². The summed E-state index contributed by atoms with van der Waals surface area (Å²) in [7, 11) is 2.71. The Balaban J connectivity index is 1.14. The number of carbonyl (C=O) groups excluding carboxylic acids is 3. The number of alkyl carbamates (subject to hydrolysis) is 1. The molecule has 3 aromatic heterocycles. The average Bonchev–Trinajstić information content (AvgIpc) is 3.96. The van der Waals surface area contributed by atoms with Crippen LogP contribution in [0.2, 0.25) is 0 Å². The molecule has 4 atom stereocenters. The van der Waals surface area contributed by atoms with E-state index in [0.29, 0.717) is 71.5 Å². The normalized spacial score (nSPS) is 18.7. The van der Waals surface area contributed by atoms with Gasteiger partial charge in [0.2, 0.25) is 11.8 Å². The van der Waals surface area contributed by atoms with Gasteiger partial charge in [-0.15, -0.1) is 0 Å². The van der Waals surface area contributed by atoms with Gasteiger partial charge in [-0.2, -0.15) is 0 Å². The highest BCUT2D eigenvalue weighted by Crippen LogP contribution is 2.34. The third-order valence-electron chi connectivity index (χ3n) is 9.43. The molecule has 3 amide bonds. The van der Waals surface area contributed by atoms with Crippen molar-refractivity contribution in [2.24, 2.45) is 0 Å². The lowest BCUT2D eigenvalue weighted by Gasteiger charge is -2.30. The Labute approximate surface area is 289 Å². The number of likely N-dealkylation sites (tertiary alicyclic amines) is 2. The van der Waals surface area contributed by atoms with E-state index in [-0.39, 0.29) is 23.9 Å². The molecule has 2 aliphatic heterocycles. The number of carbonyl (C=O) groups is 3. The number of rotatable bonds is 11. The summed E-state index contributed by atoms with van der Waals surface area (Å²) in [5.74, 6) is 0.992. The molecule has 5 heterocycles. The van der Waals surface area contributed by atoms with Gasteiger partial charge in [0.15, 0.2) is 5.82 Å². The summed E-state index contributed by atoms with van der Waals surface area (Å²) in [6, 6.07) is 3.43. The van der Waals surface area contributed by atoms with Gasteiger partial charge in [0.25, 0.3) is 0 Å². The van der Waals surface area contributed by atoms with Crippen LogP contribution in [0.1, 0.15) is 76.1 Å². The predicted molar refractivity (Wildman–Crippen MR) is 181 cm³/mol. The summed E-state index contributed by atoms with van der Waals surface area (Å²) >= 11 is 0. The van der Waals surface area contributed by atoms with Crippen molar-refractivity contribution >= 4 is 17.9 Å². The lowest BCUT2D eigenvalue weighted by atomic mass is 10.1. The summed E-state index contributed by atoms with van der Waals surface area (Å²) in [5.41, 5.74) is 2.64. The third kappa shape index (κ3) is 7.08. The number of aromatic amines is 2.